The van der Waals surface area contributed by atoms with E-state index >= 15 is 0 Å². The van der Waals surface area contributed by atoms with Crippen molar-refractivity contribution in [1.82, 2.24) is 4.98 Å². The van der Waals surface area contributed by atoms with E-state index in [1.54, 1.807) is 0 Å². The van der Waals surface area contributed by atoms with E-state index in [0.717, 1.165) is 12.1 Å². The summed E-state index contributed by atoms with van der Waals surface area (Å²) in [5.74, 6) is -1.75. The molecule has 1 amide bonds. The van der Waals surface area contributed by atoms with Crippen molar-refractivity contribution in [3.63, 3.8) is 0 Å². The van der Waals surface area contributed by atoms with E-state index in [4.69, 9.17) is 5.11 Å². The number of nitrogens with one attached hydrogen (secondary N) is 1. The van der Waals surface area contributed by atoms with Crippen LogP contribution in [0.3, 0.4) is 0 Å². The molecule has 1 aromatic rings. The number of rotatable bonds is 4. The third kappa shape index (κ3) is 3.12. The maximum Gasteiger partial charge on any atom is 0.307 e. The first kappa shape index (κ1) is 14.0. The van der Waals surface area contributed by atoms with Gasteiger partial charge in [-0.25, -0.2) is 4.98 Å². The predicted octanol–water partition coefficient (Wildman–Crippen LogP) is 2.71. The molecule has 0 saturated heterocycles. The number of nitrogens with zero attached hydrogens (tertiary/aromatic N) is 1. The van der Waals surface area contributed by atoms with Crippen LogP contribution in [0.25, 0.3) is 0 Å². The van der Waals surface area contributed by atoms with Gasteiger partial charge in [0, 0.05) is 5.38 Å². The summed E-state index contributed by atoms with van der Waals surface area (Å²) in [6.07, 6.45) is 2.03. The lowest BCUT2D eigenvalue weighted by Gasteiger charge is -2.14. The molecule has 1 aliphatic carbocycles. The summed E-state index contributed by atoms with van der Waals surface area (Å²) in [7, 11) is 0. The van der Waals surface area contributed by atoms with Crippen molar-refractivity contribution in [3.05, 3.63) is 11.1 Å². The zero-order valence-electron chi connectivity index (χ0n) is 11.0. The normalized spacial score (nSPS) is 22.7. The van der Waals surface area contributed by atoms with Crippen molar-refractivity contribution in [1.29, 1.82) is 0 Å². The van der Waals surface area contributed by atoms with Gasteiger partial charge in [-0.1, -0.05) is 20.3 Å². The summed E-state index contributed by atoms with van der Waals surface area (Å²) >= 11 is 1.38. The molecular weight excluding hydrogens is 264 g/mol. The number of aliphatic carboxylic acids is 1. The lowest BCUT2D eigenvalue weighted by atomic mass is 9.95. The summed E-state index contributed by atoms with van der Waals surface area (Å²) in [4.78, 5) is 27.5. The van der Waals surface area contributed by atoms with Crippen LogP contribution in [0.5, 0.6) is 0 Å². The fourth-order valence-corrected chi connectivity index (χ4v) is 3.25. The van der Waals surface area contributed by atoms with Gasteiger partial charge in [0.1, 0.15) is 0 Å². The number of amides is 1. The van der Waals surface area contributed by atoms with Crippen molar-refractivity contribution in [2.45, 2.75) is 39.0 Å². The Morgan fingerprint density at radius 3 is 2.68 bits per heavy atom. The highest BCUT2D eigenvalue weighted by Crippen LogP contribution is 2.33. The Bertz CT molecular complexity index is 484. The minimum atomic E-state index is -0.875. The lowest BCUT2D eigenvalue weighted by molar-refractivity contribution is -0.145. The van der Waals surface area contributed by atoms with Crippen LogP contribution in [0.2, 0.25) is 0 Å². The summed E-state index contributed by atoms with van der Waals surface area (Å²) in [5.41, 5.74) is 0.946. The molecule has 2 atom stereocenters. The zero-order valence-corrected chi connectivity index (χ0v) is 11.9. The van der Waals surface area contributed by atoms with Gasteiger partial charge in [-0.05, 0) is 18.8 Å². The molecule has 0 aliphatic heterocycles. The van der Waals surface area contributed by atoms with Crippen molar-refractivity contribution in [2.24, 2.45) is 11.8 Å². The molecule has 1 aromatic heterocycles. The number of hydrogen-bond acceptors (Lipinski definition) is 4. The van der Waals surface area contributed by atoms with Gasteiger partial charge in [0.15, 0.2) is 5.13 Å². The number of carboxylic acids is 1. The second kappa shape index (κ2) is 5.69. The molecule has 1 saturated carbocycles. The molecule has 19 heavy (non-hydrogen) atoms. The van der Waals surface area contributed by atoms with Crippen molar-refractivity contribution in [3.8, 4) is 0 Å². The highest BCUT2D eigenvalue weighted by molar-refractivity contribution is 7.13. The molecule has 1 aliphatic rings. The van der Waals surface area contributed by atoms with Gasteiger partial charge in [-0.3, -0.25) is 9.59 Å². The monoisotopic (exact) mass is 282 g/mol. The molecule has 0 spiro atoms. The van der Waals surface area contributed by atoms with Gasteiger partial charge in [-0.2, -0.15) is 0 Å². The average Bonchev–Trinajstić information content (AvgIpc) is 2.96. The first-order valence-corrected chi connectivity index (χ1v) is 7.36. The lowest BCUT2D eigenvalue weighted by Crippen LogP contribution is -2.29. The van der Waals surface area contributed by atoms with Crippen LogP contribution in [0.1, 0.15) is 44.7 Å². The first-order chi connectivity index (χ1) is 8.99. The molecule has 0 unspecified atom stereocenters. The number of hydrogen-bond donors (Lipinski definition) is 2. The summed E-state index contributed by atoms with van der Waals surface area (Å²) < 4.78 is 0. The predicted molar refractivity (Wildman–Crippen MR) is 73.3 cm³/mol. The summed E-state index contributed by atoms with van der Waals surface area (Å²) in [5, 5.41) is 14.3. The number of thiazole rings is 1. The maximum atomic E-state index is 12.1. The average molecular weight is 282 g/mol. The molecule has 0 radical (unpaired) electrons. The topological polar surface area (TPSA) is 79.3 Å². The third-order valence-electron chi connectivity index (χ3n) is 3.51. The Labute approximate surface area is 116 Å². The number of carboxylic acid groups (broad SMARTS) is 1. The zero-order chi connectivity index (χ0) is 14.0. The fourth-order valence-electron chi connectivity index (χ4n) is 2.38. The molecule has 2 N–H and O–H groups in total. The van der Waals surface area contributed by atoms with E-state index in [1.807, 2.05) is 19.2 Å². The van der Waals surface area contributed by atoms with Gasteiger partial charge in [0.2, 0.25) is 5.91 Å². The summed E-state index contributed by atoms with van der Waals surface area (Å²) in [6, 6.07) is 0. The van der Waals surface area contributed by atoms with Crippen LogP contribution in [-0.2, 0) is 9.59 Å². The fraction of sp³-hybridized carbons (Fsp3) is 0.615. The minimum Gasteiger partial charge on any atom is -0.481 e. The van der Waals surface area contributed by atoms with Gasteiger partial charge in [0.25, 0.3) is 0 Å². The highest BCUT2D eigenvalue weighted by Gasteiger charge is 2.37. The van der Waals surface area contributed by atoms with E-state index < -0.39 is 17.8 Å². The Kier molecular flexibility index (Phi) is 4.19. The smallest absolute Gasteiger partial charge is 0.307 e. The third-order valence-corrected chi connectivity index (χ3v) is 4.29. The van der Waals surface area contributed by atoms with Crippen LogP contribution in [0, 0.1) is 11.8 Å². The van der Waals surface area contributed by atoms with Crippen LogP contribution >= 0.6 is 11.3 Å². The number of aromatic nitrogens is 1. The number of carbonyl (C=O) groups excluding carboxylic acids is 1. The van der Waals surface area contributed by atoms with Gasteiger partial charge in [-0.15, -0.1) is 11.3 Å². The minimum absolute atomic E-state index is 0.213. The van der Waals surface area contributed by atoms with Crippen molar-refractivity contribution < 1.29 is 14.7 Å². The second-order valence-corrected chi connectivity index (χ2v) is 6.06. The van der Waals surface area contributed by atoms with Gasteiger partial charge < -0.3 is 10.4 Å². The maximum absolute atomic E-state index is 12.1. The molecule has 0 aromatic carbocycles. The van der Waals surface area contributed by atoms with Crippen molar-refractivity contribution in [2.75, 3.05) is 5.32 Å². The number of anilines is 1. The van der Waals surface area contributed by atoms with Gasteiger partial charge in [0.05, 0.1) is 17.5 Å². The largest absolute Gasteiger partial charge is 0.481 e. The van der Waals surface area contributed by atoms with Crippen LogP contribution in [0.15, 0.2) is 5.38 Å². The standard InChI is InChI=1S/C13H18N2O3S/c1-7(2)10-6-19-13(14-10)15-11(16)8-4-3-5-9(8)12(17)18/h6-9H,3-5H2,1-2H3,(H,17,18)(H,14,15,16)/t8-,9+/m1/s1. The van der Waals surface area contributed by atoms with Crippen LogP contribution in [-0.4, -0.2) is 22.0 Å². The van der Waals surface area contributed by atoms with Crippen LogP contribution in [0.4, 0.5) is 5.13 Å². The molecule has 1 heterocycles. The quantitative estimate of drug-likeness (QED) is 0.890. The van der Waals surface area contributed by atoms with Crippen LogP contribution < -0.4 is 5.32 Å². The number of carbonyl (C=O) groups is 2. The molecule has 1 fully saturated rings. The molecule has 104 valence electrons. The van der Waals surface area contributed by atoms with E-state index in [9.17, 15) is 9.59 Å². The van der Waals surface area contributed by atoms with E-state index in [1.165, 1.54) is 11.3 Å². The van der Waals surface area contributed by atoms with Gasteiger partial charge >= 0.3 is 5.97 Å². The van der Waals surface area contributed by atoms with Crippen molar-refractivity contribution >= 4 is 28.3 Å². The Balaban J connectivity index is 2.02. The second-order valence-electron chi connectivity index (χ2n) is 5.20. The molecule has 6 heteroatoms. The van der Waals surface area contributed by atoms with E-state index in [2.05, 4.69) is 10.3 Å². The SMILES string of the molecule is CC(C)c1csc(NC(=O)[C@@H]2CCC[C@@H]2C(=O)O)n1. The molecule has 0 bridgehead atoms. The van der Waals surface area contributed by atoms with E-state index in [-0.39, 0.29) is 5.91 Å². The highest BCUT2D eigenvalue weighted by atomic mass is 32.1. The first-order valence-electron chi connectivity index (χ1n) is 6.48. The Morgan fingerprint density at radius 2 is 2.11 bits per heavy atom. The molecule has 2 rings (SSSR count). The molecular formula is C13H18N2O3S. The Morgan fingerprint density at radius 1 is 1.42 bits per heavy atom. The molecule has 5 nitrogen and oxygen atoms in total. The van der Waals surface area contributed by atoms with E-state index in [0.29, 0.717) is 23.9 Å². The summed E-state index contributed by atoms with van der Waals surface area (Å²) in [6.45, 7) is 4.08. The Hall–Kier alpha value is -1.43.